The fourth-order valence-electron chi connectivity index (χ4n) is 1.61. The average Bonchev–Trinajstić information content (AvgIpc) is 2.32. The van der Waals surface area contributed by atoms with Crippen LogP contribution in [0.3, 0.4) is 0 Å². The van der Waals surface area contributed by atoms with E-state index in [1.165, 1.54) is 0 Å². The van der Waals surface area contributed by atoms with Crippen molar-refractivity contribution in [3.63, 3.8) is 0 Å². The molecule has 2 aromatic rings. The van der Waals surface area contributed by atoms with Gasteiger partial charge in [0.25, 0.3) is 0 Å². The molecule has 1 atom stereocenters. The van der Waals surface area contributed by atoms with Gasteiger partial charge in [0.2, 0.25) is 0 Å². The van der Waals surface area contributed by atoms with Crippen LogP contribution in [-0.2, 0) is 0 Å². The summed E-state index contributed by atoms with van der Waals surface area (Å²) in [5, 5.41) is 10.3. The molecule has 0 fully saturated rings. The monoisotopic (exact) mass is 233 g/mol. The van der Waals surface area contributed by atoms with E-state index in [1.807, 2.05) is 30.3 Å². The second kappa shape index (κ2) is 4.56. The van der Waals surface area contributed by atoms with Crippen molar-refractivity contribution in [3.05, 3.63) is 64.7 Å². The summed E-state index contributed by atoms with van der Waals surface area (Å²) in [7, 11) is 0. The molecule has 0 saturated heterocycles. The van der Waals surface area contributed by atoms with Gasteiger partial charge in [0.15, 0.2) is 0 Å². The number of aromatic hydroxyl groups is 1. The van der Waals surface area contributed by atoms with Crippen LogP contribution in [0.1, 0.15) is 17.2 Å². The molecule has 0 spiro atoms. The van der Waals surface area contributed by atoms with Gasteiger partial charge in [0, 0.05) is 10.6 Å². The summed E-state index contributed by atoms with van der Waals surface area (Å²) in [6.07, 6.45) is 0. The maximum Gasteiger partial charge on any atom is 0.120 e. The smallest absolute Gasteiger partial charge is 0.120 e. The van der Waals surface area contributed by atoms with Gasteiger partial charge >= 0.3 is 0 Å². The predicted octanol–water partition coefficient (Wildman–Crippen LogP) is 3.09. The molecule has 0 amide bonds. The van der Waals surface area contributed by atoms with Gasteiger partial charge in [-0.25, -0.2) is 0 Å². The second-order valence-electron chi connectivity index (χ2n) is 3.59. The fourth-order valence-corrected chi connectivity index (χ4v) is 1.79. The third-order valence-electron chi connectivity index (χ3n) is 2.48. The Bertz CT molecular complexity index is 485. The lowest BCUT2D eigenvalue weighted by molar-refractivity contribution is 0.465. The van der Waals surface area contributed by atoms with Crippen LogP contribution in [-0.4, -0.2) is 5.11 Å². The summed E-state index contributed by atoms with van der Waals surface area (Å²) in [5.74, 6) is 0.167. The molecule has 0 aliphatic heterocycles. The highest BCUT2D eigenvalue weighted by molar-refractivity contribution is 6.30. The first-order valence-electron chi connectivity index (χ1n) is 4.97. The van der Waals surface area contributed by atoms with E-state index in [1.54, 1.807) is 18.2 Å². The number of phenols is 1. The van der Waals surface area contributed by atoms with Crippen LogP contribution in [0.5, 0.6) is 5.75 Å². The summed E-state index contributed by atoms with van der Waals surface area (Å²) in [6, 6.07) is 14.1. The van der Waals surface area contributed by atoms with Crippen molar-refractivity contribution in [2.24, 2.45) is 5.73 Å². The Morgan fingerprint density at radius 3 is 2.44 bits per heavy atom. The van der Waals surface area contributed by atoms with Crippen molar-refractivity contribution < 1.29 is 5.11 Å². The van der Waals surface area contributed by atoms with Gasteiger partial charge in [-0.3, -0.25) is 0 Å². The molecule has 3 heteroatoms. The number of rotatable bonds is 2. The van der Waals surface area contributed by atoms with Crippen LogP contribution >= 0.6 is 11.6 Å². The van der Waals surface area contributed by atoms with Gasteiger partial charge in [0.1, 0.15) is 5.75 Å². The molecule has 0 aliphatic carbocycles. The molecule has 82 valence electrons. The van der Waals surface area contributed by atoms with E-state index in [-0.39, 0.29) is 11.8 Å². The summed E-state index contributed by atoms with van der Waals surface area (Å²) in [5.41, 5.74) is 7.65. The fraction of sp³-hybridized carbons (Fsp3) is 0.0769. The molecule has 2 rings (SSSR count). The molecular weight excluding hydrogens is 222 g/mol. The summed E-state index contributed by atoms with van der Waals surface area (Å²) in [4.78, 5) is 0. The van der Waals surface area contributed by atoms with E-state index < -0.39 is 0 Å². The molecule has 16 heavy (non-hydrogen) atoms. The zero-order chi connectivity index (χ0) is 11.5. The van der Waals surface area contributed by atoms with Crippen molar-refractivity contribution in [1.82, 2.24) is 0 Å². The molecule has 0 unspecified atom stereocenters. The minimum Gasteiger partial charge on any atom is -0.508 e. The highest BCUT2D eigenvalue weighted by Crippen LogP contribution is 2.29. The van der Waals surface area contributed by atoms with Crippen LogP contribution in [0.15, 0.2) is 48.5 Å². The molecular formula is C13H12ClNO. The minimum absolute atomic E-state index is 0.167. The number of benzene rings is 2. The lowest BCUT2D eigenvalue weighted by Gasteiger charge is -2.14. The van der Waals surface area contributed by atoms with E-state index in [9.17, 15) is 5.11 Å². The van der Waals surface area contributed by atoms with E-state index in [4.69, 9.17) is 17.3 Å². The SMILES string of the molecule is N[C@H](c1ccccc1)c1cc(Cl)ccc1O. The zero-order valence-electron chi connectivity index (χ0n) is 8.60. The van der Waals surface area contributed by atoms with Gasteiger partial charge in [0.05, 0.1) is 6.04 Å². The van der Waals surface area contributed by atoms with Gasteiger partial charge < -0.3 is 10.8 Å². The van der Waals surface area contributed by atoms with Gasteiger partial charge in [-0.05, 0) is 23.8 Å². The molecule has 0 saturated carbocycles. The number of nitrogens with two attached hydrogens (primary N) is 1. The number of hydrogen-bond acceptors (Lipinski definition) is 2. The average molecular weight is 234 g/mol. The number of hydrogen-bond donors (Lipinski definition) is 2. The van der Waals surface area contributed by atoms with E-state index in [0.29, 0.717) is 10.6 Å². The van der Waals surface area contributed by atoms with Crippen LogP contribution in [0.25, 0.3) is 0 Å². The quantitative estimate of drug-likeness (QED) is 0.837. The standard InChI is InChI=1S/C13H12ClNO/c14-10-6-7-12(16)11(8-10)13(15)9-4-2-1-3-5-9/h1-8,13,16H,15H2/t13-/m1/s1. The first kappa shape index (κ1) is 11.0. The number of halogens is 1. The minimum atomic E-state index is -0.361. The molecule has 2 nitrogen and oxygen atoms in total. The van der Waals surface area contributed by atoms with E-state index in [0.717, 1.165) is 5.56 Å². The van der Waals surface area contributed by atoms with Gasteiger partial charge in [-0.15, -0.1) is 0 Å². The maximum absolute atomic E-state index is 9.73. The van der Waals surface area contributed by atoms with Gasteiger partial charge in [-0.1, -0.05) is 41.9 Å². The predicted molar refractivity (Wildman–Crippen MR) is 65.6 cm³/mol. The first-order chi connectivity index (χ1) is 7.68. The van der Waals surface area contributed by atoms with Crippen LogP contribution < -0.4 is 5.73 Å². The van der Waals surface area contributed by atoms with Crippen molar-refractivity contribution in [1.29, 1.82) is 0 Å². The van der Waals surface area contributed by atoms with Crippen LogP contribution in [0, 0.1) is 0 Å². The van der Waals surface area contributed by atoms with E-state index >= 15 is 0 Å². The largest absolute Gasteiger partial charge is 0.508 e. The van der Waals surface area contributed by atoms with Crippen molar-refractivity contribution in [2.75, 3.05) is 0 Å². The molecule has 0 heterocycles. The second-order valence-corrected chi connectivity index (χ2v) is 4.03. The highest BCUT2D eigenvalue weighted by atomic mass is 35.5. The maximum atomic E-state index is 9.73. The third-order valence-corrected chi connectivity index (χ3v) is 2.72. The molecule has 0 bridgehead atoms. The Morgan fingerprint density at radius 2 is 1.75 bits per heavy atom. The summed E-state index contributed by atoms with van der Waals surface area (Å²) in [6.45, 7) is 0. The van der Waals surface area contributed by atoms with Crippen molar-refractivity contribution in [2.45, 2.75) is 6.04 Å². The Balaban J connectivity index is 2.41. The van der Waals surface area contributed by atoms with Crippen molar-refractivity contribution >= 4 is 11.6 Å². The first-order valence-corrected chi connectivity index (χ1v) is 5.35. The molecule has 0 aromatic heterocycles. The highest BCUT2D eigenvalue weighted by Gasteiger charge is 2.12. The molecule has 0 aliphatic rings. The molecule has 0 radical (unpaired) electrons. The lowest BCUT2D eigenvalue weighted by atomic mass is 9.99. The topological polar surface area (TPSA) is 46.2 Å². The Morgan fingerprint density at radius 1 is 1.06 bits per heavy atom. The summed E-state index contributed by atoms with van der Waals surface area (Å²) >= 11 is 5.88. The normalized spacial score (nSPS) is 12.4. The third kappa shape index (κ3) is 2.18. The lowest BCUT2D eigenvalue weighted by Crippen LogP contribution is -2.11. The van der Waals surface area contributed by atoms with Crippen molar-refractivity contribution in [3.8, 4) is 5.75 Å². The Labute approximate surface area is 99.3 Å². The Kier molecular flexibility index (Phi) is 3.13. The van der Waals surface area contributed by atoms with E-state index in [2.05, 4.69) is 0 Å². The molecule has 2 aromatic carbocycles. The van der Waals surface area contributed by atoms with Crippen LogP contribution in [0.2, 0.25) is 5.02 Å². The summed E-state index contributed by atoms with van der Waals surface area (Å²) < 4.78 is 0. The zero-order valence-corrected chi connectivity index (χ0v) is 9.35. The number of phenolic OH excluding ortho intramolecular Hbond substituents is 1. The Hall–Kier alpha value is -1.51. The van der Waals surface area contributed by atoms with Crippen LogP contribution in [0.4, 0.5) is 0 Å². The molecule has 3 N–H and O–H groups in total. The van der Waals surface area contributed by atoms with Gasteiger partial charge in [-0.2, -0.15) is 0 Å².